The van der Waals surface area contributed by atoms with E-state index in [0.29, 0.717) is 0 Å². The Morgan fingerprint density at radius 2 is 1.07 bits per heavy atom. The van der Waals surface area contributed by atoms with Crippen LogP contribution < -0.4 is 0 Å². The Balaban J connectivity index is 1.34. The molecule has 0 spiro atoms. The molecule has 44 heavy (non-hydrogen) atoms. The minimum atomic E-state index is -4.01. The van der Waals surface area contributed by atoms with Crippen LogP contribution >= 0.6 is 0 Å². The lowest BCUT2D eigenvalue weighted by molar-refractivity contribution is -0.384. The van der Waals surface area contributed by atoms with Crippen molar-refractivity contribution in [2.75, 3.05) is 0 Å². The summed E-state index contributed by atoms with van der Waals surface area (Å²) in [6.07, 6.45) is 0.951. The summed E-state index contributed by atoms with van der Waals surface area (Å²) in [6.45, 7) is 1.98. The van der Waals surface area contributed by atoms with Crippen LogP contribution in [0.25, 0.3) is 43.6 Å². The number of nitro benzene ring substituents is 1. The molecule has 0 N–H and O–H groups in total. The first kappa shape index (κ1) is 26.6. The van der Waals surface area contributed by atoms with Crippen LogP contribution in [0.2, 0.25) is 0 Å². The maximum atomic E-state index is 14.2. The van der Waals surface area contributed by atoms with Gasteiger partial charge in [-0.1, -0.05) is 48.5 Å². The number of benzene rings is 5. The zero-order chi connectivity index (χ0) is 30.0. The fraction of sp³-hybridized carbons (Fsp3) is 0.143. The smallest absolute Gasteiger partial charge is 0.269 e. The van der Waals surface area contributed by atoms with Crippen molar-refractivity contribution in [2.45, 2.75) is 37.5 Å². The van der Waals surface area contributed by atoms with Gasteiger partial charge >= 0.3 is 0 Å². The van der Waals surface area contributed by atoms with Crippen molar-refractivity contribution in [2.24, 2.45) is 0 Å². The molecule has 6 heterocycles. The fourth-order valence-corrected chi connectivity index (χ4v) is 8.21. The Morgan fingerprint density at radius 3 is 1.57 bits per heavy atom. The summed E-state index contributed by atoms with van der Waals surface area (Å²) in [5.74, 6) is 0. The van der Waals surface area contributed by atoms with E-state index < -0.39 is 14.9 Å². The summed E-state index contributed by atoms with van der Waals surface area (Å²) in [6, 6.07) is 34.3. The number of nitrogens with zero attached hydrogens (tertiary/aromatic N) is 4. The Morgan fingerprint density at radius 1 is 0.591 bits per heavy atom. The highest BCUT2D eigenvalue weighted by molar-refractivity contribution is 7.89. The lowest BCUT2D eigenvalue weighted by atomic mass is 10.1. The van der Waals surface area contributed by atoms with Crippen molar-refractivity contribution in [3.8, 4) is 0 Å². The zero-order valence-electron chi connectivity index (χ0n) is 23.8. The molecule has 8 nitrogen and oxygen atoms in total. The summed E-state index contributed by atoms with van der Waals surface area (Å²) in [5, 5.41) is 15.7. The van der Waals surface area contributed by atoms with E-state index in [4.69, 9.17) is 0 Å². The van der Waals surface area contributed by atoms with E-state index in [2.05, 4.69) is 69.8 Å². The van der Waals surface area contributed by atoms with E-state index in [9.17, 15) is 18.5 Å². The molecule has 9 heteroatoms. The van der Waals surface area contributed by atoms with Crippen LogP contribution in [0, 0.1) is 10.1 Å². The standard InChI is InChI=1S/C35H28N4O4S/c40-39(41)26-12-14-27(15-13-26)44(42,43)36-22-24-10-16-34-30(20-24)28-6-1-3-8-32(28)37(34)18-5-19-38-33-9-4-2-7-29(33)31-21-25(23-36)11-17-35(31)38/h1-4,6-17,20-21H,5,18-19,22-23H2. The third-order valence-corrected chi connectivity index (χ3v) is 10.6. The summed E-state index contributed by atoms with van der Waals surface area (Å²) >= 11 is 0. The van der Waals surface area contributed by atoms with E-state index in [1.807, 2.05) is 24.3 Å². The first-order chi connectivity index (χ1) is 21.4. The molecule has 0 aliphatic carbocycles. The highest BCUT2D eigenvalue weighted by Gasteiger charge is 2.27. The van der Waals surface area contributed by atoms with E-state index in [0.717, 1.165) is 74.2 Å². The highest BCUT2D eigenvalue weighted by Crippen LogP contribution is 2.34. The Bertz CT molecular complexity index is 2250. The number of aryl methyl sites for hydroxylation is 2. The third kappa shape index (κ3) is 4.19. The second kappa shape index (κ2) is 10.0. The first-order valence-electron chi connectivity index (χ1n) is 14.6. The monoisotopic (exact) mass is 600 g/mol. The summed E-state index contributed by atoms with van der Waals surface area (Å²) in [5.41, 5.74) is 6.15. The normalized spacial score (nSPS) is 14.6. The molecule has 0 saturated carbocycles. The molecule has 218 valence electrons. The SMILES string of the molecule is O=[N+]([O-])c1ccc(S(=O)(=O)N2Cc3ccc4c(c3)c3ccccc3n4CCCn3c4ccccc4c4cc(ccc43)C2)cc1. The predicted molar refractivity (Wildman–Crippen MR) is 173 cm³/mol. The molecule has 5 aromatic carbocycles. The molecule has 0 amide bonds. The van der Waals surface area contributed by atoms with Gasteiger partial charge in [-0.05, 0) is 66.1 Å². The van der Waals surface area contributed by atoms with Crippen molar-refractivity contribution in [3.63, 3.8) is 0 Å². The number of para-hydroxylation sites is 2. The summed E-state index contributed by atoms with van der Waals surface area (Å²) in [7, 11) is -4.01. The zero-order valence-corrected chi connectivity index (χ0v) is 24.6. The molecule has 0 unspecified atom stereocenters. The molecule has 0 saturated heterocycles. The maximum absolute atomic E-state index is 14.2. The minimum Gasteiger partial charge on any atom is -0.340 e. The first-order valence-corrected chi connectivity index (χ1v) is 16.1. The Hall–Kier alpha value is -4.99. The molecule has 8 bridgehead atoms. The fourth-order valence-electron chi connectivity index (χ4n) is 6.79. The maximum Gasteiger partial charge on any atom is 0.269 e. The number of aromatic nitrogens is 2. The van der Waals surface area contributed by atoms with Crippen LogP contribution in [-0.4, -0.2) is 26.8 Å². The Kier molecular flexibility index (Phi) is 6.08. The molecule has 0 fully saturated rings. The summed E-state index contributed by atoms with van der Waals surface area (Å²) in [4.78, 5) is 10.7. The molecule has 11 rings (SSSR count). The number of hydrogen-bond acceptors (Lipinski definition) is 4. The molecular weight excluding hydrogens is 572 g/mol. The van der Waals surface area contributed by atoms with Gasteiger partial charge in [0, 0.05) is 81.9 Å². The summed E-state index contributed by atoms with van der Waals surface area (Å²) < 4.78 is 34.6. The predicted octanol–water partition coefficient (Wildman–Crippen LogP) is 7.61. The molecule has 4 aliphatic rings. The van der Waals surface area contributed by atoms with E-state index in [1.165, 1.54) is 28.6 Å². The van der Waals surface area contributed by atoms with Gasteiger partial charge in [0.15, 0.2) is 0 Å². The second-order valence-corrected chi connectivity index (χ2v) is 13.4. The van der Waals surface area contributed by atoms with Crippen molar-refractivity contribution in [1.82, 2.24) is 13.4 Å². The molecule has 2 aromatic heterocycles. The van der Waals surface area contributed by atoms with Crippen molar-refractivity contribution >= 4 is 59.3 Å². The van der Waals surface area contributed by atoms with E-state index in [-0.39, 0.29) is 23.7 Å². The average molecular weight is 601 g/mol. The van der Waals surface area contributed by atoms with Crippen molar-refractivity contribution in [3.05, 3.63) is 130 Å². The number of nitro groups is 1. The lowest BCUT2D eigenvalue weighted by Crippen LogP contribution is -2.30. The number of non-ortho nitro benzene ring substituents is 1. The Labute approximate surface area is 253 Å². The minimum absolute atomic E-state index is 0.0212. The van der Waals surface area contributed by atoms with Crippen LogP contribution in [0.1, 0.15) is 17.5 Å². The highest BCUT2D eigenvalue weighted by atomic mass is 32.2. The van der Waals surface area contributed by atoms with Gasteiger partial charge in [-0.15, -0.1) is 0 Å². The van der Waals surface area contributed by atoms with Crippen molar-refractivity contribution in [1.29, 1.82) is 0 Å². The molecule has 4 aliphatic heterocycles. The van der Waals surface area contributed by atoms with Gasteiger partial charge in [-0.2, -0.15) is 4.31 Å². The van der Waals surface area contributed by atoms with Gasteiger partial charge in [0.1, 0.15) is 0 Å². The van der Waals surface area contributed by atoms with Crippen LogP contribution in [-0.2, 0) is 36.2 Å². The number of hydrogen-bond donors (Lipinski definition) is 0. The van der Waals surface area contributed by atoms with Crippen LogP contribution in [0.4, 0.5) is 5.69 Å². The van der Waals surface area contributed by atoms with Gasteiger partial charge in [-0.3, -0.25) is 10.1 Å². The van der Waals surface area contributed by atoms with Gasteiger partial charge in [0.25, 0.3) is 5.69 Å². The molecule has 7 aromatic rings. The van der Waals surface area contributed by atoms with E-state index >= 15 is 0 Å². The average Bonchev–Trinajstić information content (AvgIpc) is 3.52. The molecular formula is C35H28N4O4S. The largest absolute Gasteiger partial charge is 0.340 e. The van der Waals surface area contributed by atoms with Crippen molar-refractivity contribution < 1.29 is 13.3 Å². The molecule has 0 atom stereocenters. The van der Waals surface area contributed by atoms with Crippen LogP contribution in [0.3, 0.4) is 0 Å². The van der Waals surface area contributed by atoms with Gasteiger partial charge in [-0.25, -0.2) is 8.42 Å². The number of rotatable bonds is 3. The quantitative estimate of drug-likeness (QED) is 0.154. The second-order valence-electron chi connectivity index (χ2n) is 11.4. The van der Waals surface area contributed by atoms with Gasteiger partial charge < -0.3 is 9.13 Å². The van der Waals surface area contributed by atoms with Gasteiger partial charge in [0.2, 0.25) is 10.0 Å². The van der Waals surface area contributed by atoms with Crippen LogP contribution in [0.5, 0.6) is 0 Å². The molecule has 0 radical (unpaired) electrons. The topological polar surface area (TPSA) is 90.4 Å². The van der Waals surface area contributed by atoms with Gasteiger partial charge in [0.05, 0.1) is 9.82 Å². The van der Waals surface area contributed by atoms with E-state index in [1.54, 1.807) is 0 Å². The number of fused-ring (bicyclic) bond motifs is 2. The number of sulfonamides is 1. The van der Waals surface area contributed by atoms with Crippen LogP contribution in [0.15, 0.2) is 114 Å². The third-order valence-electron chi connectivity index (χ3n) is 8.84. The lowest BCUT2D eigenvalue weighted by Gasteiger charge is -2.23.